The highest BCUT2D eigenvalue weighted by Gasteiger charge is 2.58. The molecule has 2 N–H and O–H groups in total. The number of carbonyl (C=O) groups is 5. The van der Waals surface area contributed by atoms with Crippen molar-refractivity contribution in [1.82, 2.24) is 10.2 Å². The topological polar surface area (TPSA) is 130 Å². The summed E-state index contributed by atoms with van der Waals surface area (Å²) in [5.74, 6) is -3.95. The first-order valence-corrected chi connectivity index (χ1v) is 12.8. The Kier molecular flexibility index (Phi) is 7.27. The fourth-order valence-corrected chi connectivity index (χ4v) is 6.54. The molecule has 0 radical (unpaired) electrons. The molecular weight excluding hydrogens is 492 g/mol. The number of amides is 2. The standard InChI is InChI=1S/C24H24N2O7S2/c1-14(27)33-12-24(23(31)32)11-26-21(30)19(22(26)35-13-24)25-20(29)18(17-8-5-9-34-17)16(28)10-15-6-3-2-4-7-15/h2-9,18-19,22H,10-13H2,1H3,(H,25,29)(H,31,32)/t18?,19?,22-,24?/m1/s1. The van der Waals surface area contributed by atoms with Gasteiger partial charge in [-0.05, 0) is 17.0 Å². The van der Waals surface area contributed by atoms with Crippen molar-refractivity contribution in [2.45, 2.75) is 30.7 Å². The summed E-state index contributed by atoms with van der Waals surface area (Å²) in [5.41, 5.74) is -0.624. The molecule has 2 amide bonds. The first-order valence-electron chi connectivity index (χ1n) is 10.9. The Hall–Kier alpha value is -3.18. The van der Waals surface area contributed by atoms with Crippen LogP contribution in [0.2, 0.25) is 0 Å². The van der Waals surface area contributed by atoms with E-state index in [1.165, 1.54) is 34.9 Å². The summed E-state index contributed by atoms with van der Waals surface area (Å²) in [6.45, 7) is 0.726. The van der Waals surface area contributed by atoms with E-state index in [1.807, 2.05) is 30.3 Å². The Morgan fingerprint density at radius 3 is 2.57 bits per heavy atom. The number of aliphatic carboxylic acids is 1. The summed E-state index contributed by atoms with van der Waals surface area (Å²) in [6, 6.07) is 11.7. The zero-order valence-corrected chi connectivity index (χ0v) is 20.5. The fourth-order valence-electron chi connectivity index (χ4n) is 4.17. The van der Waals surface area contributed by atoms with Gasteiger partial charge in [-0.15, -0.1) is 23.1 Å². The molecule has 0 spiro atoms. The molecule has 2 fully saturated rings. The predicted octanol–water partition coefficient (Wildman–Crippen LogP) is 1.68. The third-order valence-corrected chi connectivity index (χ3v) is 8.61. The maximum Gasteiger partial charge on any atom is 0.315 e. The fraction of sp³-hybridized carbons (Fsp3) is 0.375. The van der Waals surface area contributed by atoms with Crippen LogP contribution in [0.4, 0.5) is 0 Å². The number of carboxylic acids is 1. The lowest BCUT2D eigenvalue weighted by Crippen LogP contribution is -2.74. The SMILES string of the molecule is CC(=O)OCC1(C(=O)O)CS[C@@H]2C(NC(=O)C(C(=O)Cc3ccccc3)c3cccs3)C(=O)N2C1. The summed E-state index contributed by atoms with van der Waals surface area (Å²) in [4.78, 5) is 64.3. The summed E-state index contributed by atoms with van der Waals surface area (Å²) in [5, 5.41) is 13.8. The van der Waals surface area contributed by atoms with Gasteiger partial charge in [-0.2, -0.15) is 0 Å². The molecule has 2 aliphatic rings. The number of ketones is 1. The van der Waals surface area contributed by atoms with Gasteiger partial charge in [0.25, 0.3) is 0 Å². The number of β-lactam (4-membered cyclic amide) rings is 1. The highest BCUT2D eigenvalue weighted by Crippen LogP contribution is 2.42. The summed E-state index contributed by atoms with van der Waals surface area (Å²) < 4.78 is 4.95. The Bertz CT molecular complexity index is 1140. The van der Waals surface area contributed by atoms with Crippen molar-refractivity contribution < 1.29 is 33.8 Å². The molecule has 0 saturated carbocycles. The van der Waals surface area contributed by atoms with Crippen molar-refractivity contribution in [3.8, 4) is 0 Å². The van der Waals surface area contributed by atoms with Crippen molar-refractivity contribution >= 4 is 52.6 Å². The molecular formula is C24H24N2O7S2. The number of carbonyl (C=O) groups excluding carboxylic acids is 4. The Labute approximate surface area is 209 Å². The second-order valence-electron chi connectivity index (χ2n) is 8.60. The maximum absolute atomic E-state index is 13.3. The molecule has 2 saturated heterocycles. The van der Waals surface area contributed by atoms with Gasteiger partial charge >= 0.3 is 11.9 Å². The van der Waals surface area contributed by atoms with Gasteiger partial charge in [-0.3, -0.25) is 24.0 Å². The first-order chi connectivity index (χ1) is 16.7. The van der Waals surface area contributed by atoms with Crippen LogP contribution in [-0.4, -0.2) is 69.9 Å². The number of Topliss-reactive ketones (excluding diaryl/α,β-unsaturated/α-hetero) is 1. The molecule has 11 heteroatoms. The lowest BCUT2D eigenvalue weighted by atomic mass is 9.88. The van der Waals surface area contributed by atoms with E-state index in [0.717, 1.165) is 5.56 Å². The van der Waals surface area contributed by atoms with Crippen LogP contribution in [0.25, 0.3) is 0 Å². The normalized spacial score (nSPS) is 24.0. The number of thioether (sulfide) groups is 1. The number of fused-ring (bicyclic) bond motifs is 1. The van der Waals surface area contributed by atoms with Crippen molar-refractivity contribution in [2.24, 2.45) is 5.41 Å². The van der Waals surface area contributed by atoms with Crippen LogP contribution in [0.1, 0.15) is 23.3 Å². The van der Waals surface area contributed by atoms with Crippen LogP contribution < -0.4 is 5.32 Å². The number of carboxylic acid groups (broad SMARTS) is 1. The molecule has 4 rings (SSSR count). The second-order valence-corrected chi connectivity index (χ2v) is 10.7. The minimum absolute atomic E-state index is 0.0804. The van der Waals surface area contributed by atoms with Gasteiger partial charge in [0, 0.05) is 30.5 Å². The number of hydrogen-bond donors (Lipinski definition) is 2. The minimum atomic E-state index is -1.41. The van der Waals surface area contributed by atoms with Crippen molar-refractivity contribution in [3.05, 3.63) is 58.3 Å². The van der Waals surface area contributed by atoms with Gasteiger partial charge in [0.1, 0.15) is 29.4 Å². The van der Waals surface area contributed by atoms with Crippen LogP contribution in [0.5, 0.6) is 0 Å². The van der Waals surface area contributed by atoms with E-state index < -0.39 is 46.5 Å². The molecule has 184 valence electrons. The van der Waals surface area contributed by atoms with Gasteiger partial charge in [-0.1, -0.05) is 36.4 Å². The molecule has 35 heavy (non-hydrogen) atoms. The largest absolute Gasteiger partial charge is 0.481 e. The Morgan fingerprint density at radius 2 is 1.94 bits per heavy atom. The molecule has 3 heterocycles. The number of benzene rings is 1. The number of esters is 1. The first kappa shape index (κ1) is 24.9. The van der Waals surface area contributed by atoms with Crippen LogP contribution in [-0.2, 0) is 35.1 Å². The van der Waals surface area contributed by atoms with Gasteiger partial charge in [0.15, 0.2) is 5.78 Å². The lowest BCUT2D eigenvalue weighted by Gasteiger charge is -2.53. The third kappa shape index (κ3) is 5.10. The Morgan fingerprint density at radius 1 is 1.20 bits per heavy atom. The highest BCUT2D eigenvalue weighted by molar-refractivity contribution is 8.00. The average Bonchev–Trinajstić information content (AvgIpc) is 3.35. The zero-order valence-electron chi connectivity index (χ0n) is 18.8. The zero-order chi connectivity index (χ0) is 25.2. The average molecular weight is 517 g/mol. The third-order valence-electron chi connectivity index (χ3n) is 6.08. The van der Waals surface area contributed by atoms with E-state index in [1.54, 1.807) is 17.5 Å². The Balaban J connectivity index is 1.45. The quantitative estimate of drug-likeness (QED) is 0.293. The summed E-state index contributed by atoms with van der Waals surface area (Å²) in [7, 11) is 0. The van der Waals surface area contributed by atoms with E-state index in [0.29, 0.717) is 4.88 Å². The van der Waals surface area contributed by atoms with Gasteiger partial charge in [0.2, 0.25) is 11.8 Å². The molecule has 2 aliphatic heterocycles. The summed E-state index contributed by atoms with van der Waals surface area (Å²) in [6.07, 6.45) is 0.0804. The number of rotatable bonds is 9. The van der Waals surface area contributed by atoms with Gasteiger partial charge in [0.05, 0.1) is 0 Å². The predicted molar refractivity (Wildman–Crippen MR) is 129 cm³/mol. The van der Waals surface area contributed by atoms with Crippen LogP contribution in [0.3, 0.4) is 0 Å². The molecule has 0 aliphatic carbocycles. The van der Waals surface area contributed by atoms with Crippen LogP contribution in [0, 0.1) is 5.41 Å². The maximum atomic E-state index is 13.3. The molecule has 9 nitrogen and oxygen atoms in total. The van der Waals surface area contributed by atoms with Crippen molar-refractivity contribution in [2.75, 3.05) is 18.9 Å². The lowest BCUT2D eigenvalue weighted by molar-refractivity contribution is -0.165. The summed E-state index contributed by atoms with van der Waals surface area (Å²) >= 11 is 2.51. The van der Waals surface area contributed by atoms with E-state index in [-0.39, 0.29) is 31.1 Å². The van der Waals surface area contributed by atoms with E-state index in [9.17, 15) is 29.1 Å². The van der Waals surface area contributed by atoms with E-state index in [4.69, 9.17) is 4.74 Å². The number of hydrogen-bond acceptors (Lipinski definition) is 8. The molecule has 0 bridgehead atoms. The van der Waals surface area contributed by atoms with Crippen molar-refractivity contribution in [3.63, 3.8) is 0 Å². The molecule has 1 aromatic carbocycles. The highest BCUT2D eigenvalue weighted by atomic mass is 32.2. The van der Waals surface area contributed by atoms with E-state index in [2.05, 4.69) is 5.32 Å². The molecule has 1 aromatic heterocycles. The number of ether oxygens (including phenoxy) is 1. The van der Waals surface area contributed by atoms with Gasteiger partial charge < -0.3 is 20.1 Å². The van der Waals surface area contributed by atoms with Gasteiger partial charge in [-0.25, -0.2) is 0 Å². The second kappa shape index (κ2) is 10.2. The number of thiophene rings is 1. The number of nitrogens with one attached hydrogen (secondary N) is 1. The smallest absolute Gasteiger partial charge is 0.315 e. The van der Waals surface area contributed by atoms with Crippen molar-refractivity contribution in [1.29, 1.82) is 0 Å². The van der Waals surface area contributed by atoms with Crippen LogP contribution >= 0.6 is 23.1 Å². The van der Waals surface area contributed by atoms with Crippen LogP contribution in [0.15, 0.2) is 47.8 Å². The molecule has 3 unspecified atom stereocenters. The van der Waals surface area contributed by atoms with E-state index >= 15 is 0 Å². The number of nitrogens with zero attached hydrogens (tertiary/aromatic N) is 1. The monoisotopic (exact) mass is 516 g/mol. The molecule has 4 atom stereocenters. The molecule has 2 aromatic rings. The minimum Gasteiger partial charge on any atom is -0.481 e.